The van der Waals surface area contributed by atoms with Crippen LogP contribution in [0.4, 0.5) is 25.8 Å². The standard InChI is InChI=1S/C18H19F2N3O6S/c19-18(20)29-17-6-2-1-5-14(17)21-30(27,28)13-7-8-15(16(10-13)23(25)26)22-9-3-4-12(24)11-22/h1-2,5-8,10,12,18,21,24H,3-4,9,11H2/t12-/m0/s1. The number of alkyl halides is 2. The quantitative estimate of drug-likeness (QED) is 0.498. The molecule has 1 aliphatic heterocycles. The minimum Gasteiger partial charge on any atom is -0.433 e. The van der Waals surface area contributed by atoms with Crippen LogP contribution in [0.5, 0.6) is 5.75 Å². The van der Waals surface area contributed by atoms with E-state index < -0.39 is 38.2 Å². The van der Waals surface area contributed by atoms with Gasteiger partial charge in [-0.05, 0) is 37.1 Å². The van der Waals surface area contributed by atoms with Crippen LogP contribution in [0.3, 0.4) is 0 Å². The second kappa shape index (κ2) is 8.79. The molecular formula is C18H19F2N3O6S. The molecule has 1 saturated heterocycles. The fourth-order valence-corrected chi connectivity index (χ4v) is 4.30. The van der Waals surface area contributed by atoms with E-state index in [-0.39, 0.29) is 23.7 Å². The van der Waals surface area contributed by atoms with Gasteiger partial charge in [-0.2, -0.15) is 8.78 Å². The van der Waals surface area contributed by atoms with E-state index in [2.05, 4.69) is 9.46 Å². The molecule has 2 N–H and O–H groups in total. The maximum absolute atomic E-state index is 12.7. The number of anilines is 2. The number of nitrogens with zero attached hydrogens (tertiary/aromatic N) is 2. The predicted octanol–water partition coefficient (Wildman–Crippen LogP) is 2.96. The van der Waals surface area contributed by atoms with Crippen molar-refractivity contribution in [2.24, 2.45) is 0 Å². The van der Waals surface area contributed by atoms with E-state index in [0.717, 1.165) is 12.1 Å². The zero-order chi connectivity index (χ0) is 21.9. The highest BCUT2D eigenvalue weighted by Crippen LogP contribution is 2.34. The number of halogens is 2. The van der Waals surface area contributed by atoms with Crippen LogP contribution in [0.1, 0.15) is 12.8 Å². The van der Waals surface area contributed by atoms with Gasteiger partial charge in [-0.15, -0.1) is 0 Å². The number of hydrogen-bond acceptors (Lipinski definition) is 7. The highest BCUT2D eigenvalue weighted by molar-refractivity contribution is 7.92. The van der Waals surface area contributed by atoms with Gasteiger partial charge in [-0.1, -0.05) is 12.1 Å². The van der Waals surface area contributed by atoms with E-state index in [1.54, 1.807) is 4.90 Å². The third-order valence-corrected chi connectivity index (χ3v) is 5.90. The van der Waals surface area contributed by atoms with Crippen LogP contribution in [-0.4, -0.2) is 44.3 Å². The normalized spacial score (nSPS) is 17.1. The molecule has 162 valence electrons. The Morgan fingerprint density at radius 2 is 2.00 bits per heavy atom. The third kappa shape index (κ3) is 4.94. The van der Waals surface area contributed by atoms with Crippen molar-refractivity contribution in [2.45, 2.75) is 30.5 Å². The van der Waals surface area contributed by atoms with Gasteiger partial charge >= 0.3 is 6.61 Å². The number of hydrogen-bond donors (Lipinski definition) is 2. The number of nitro benzene ring substituents is 1. The van der Waals surface area contributed by atoms with Gasteiger partial charge in [0.2, 0.25) is 0 Å². The monoisotopic (exact) mass is 443 g/mol. The Morgan fingerprint density at radius 1 is 1.27 bits per heavy atom. The molecule has 0 unspecified atom stereocenters. The molecule has 0 radical (unpaired) electrons. The van der Waals surface area contributed by atoms with Gasteiger partial charge in [0.15, 0.2) is 0 Å². The van der Waals surface area contributed by atoms with Gasteiger partial charge in [-0.25, -0.2) is 8.42 Å². The maximum atomic E-state index is 12.7. The number of sulfonamides is 1. The predicted molar refractivity (Wildman–Crippen MR) is 104 cm³/mol. The largest absolute Gasteiger partial charge is 0.433 e. The van der Waals surface area contributed by atoms with Crippen LogP contribution in [0.15, 0.2) is 47.4 Å². The molecule has 30 heavy (non-hydrogen) atoms. The summed E-state index contributed by atoms with van der Waals surface area (Å²) >= 11 is 0. The topological polar surface area (TPSA) is 122 Å². The summed E-state index contributed by atoms with van der Waals surface area (Å²) in [5, 5.41) is 21.4. The van der Waals surface area contributed by atoms with Gasteiger partial charge in [0, 0.05) is 19.2 Å². The molecule has 0 aromatic heterocycles. The summed E-state index contributed by atoms with van der Waals surface area (Å²) in [5.74, 6) is -0.385. The van der Waals surface area contributed by atoms with Gasteiger partial charge in [-0.3, -0.25) is 14.8 Å². The number of nitrogens with one attached hydrogen (secondary N) is 1. The Bertz CT molecular complexity index is 1030. The molecule has 0 spiro atoms. The molecule has 1 fully saturated rings. The Hall–Kier alpha value is -2.99. The minimum atomic E-state index is -4.33. The number of ether oxygens (including phenoxy) is 1. The molecule has 0 amide bonds. The lowest BCUT2D eigenvalue weighted by Gasteiger charge is -2.31. The number of piperidine rings is 1. The van der Waals surface area contributed by atoms with Gasteiger partial charge in [0.05, 0.1) is 21.6 Å². The van der Waals surface area contributed by atoms with Crippen LogP contribution in [0.2, 0.25) is 0 Å². The summed E-state index contributed by atoms with van der Waals surface area (Å²) in [4.78, 5) is 12.1. The van der Waals surface area contributed by atoms with Crippen molar-refractivity contribution < 1.29 is 32.0 Å². The van der Waals surface area contributed by atoms with E-state index >= 15 is 0 Å². The van der Waals surface area contributed by atoms with E-state index in [9.17, 15) is 32.4 Å². The molecule has 1 heterocycles. The van der Waals surface area contributed by atoms with Crippen molar-refractivity contribution in [2.75, 3.05) is 22.7 Å². The molecule has 1 atom stereocenters. The lowest BCUT2D eigenvalue weighted by Crippen LogP contribution is -2.38. The van der Waals surface area contributed by atoms with Crippen molar-refractivity contribution >= 4 is 27.1 Å². The summed E-state index contributed by atoms with van der Waals surface area (Å²) in [7, 11) is -4.33. The first-order valence-electron chi connectivity index (χ1n) is 8.95. The summed E-state index contributed by atoms with van der Waals surface area (Å²) in [6.07, 6.45) is 0.594. The van der Waals surface area contributed by atoms with Crippen LogP contribution in [0, 0.1) is 10.1 Å². The van der Waals surface area contributed by atoms with Crippen LogP contribution >= 0.6 is 0 Å². The zero-order valence-corrected chi connectivity index (χ0v) is 16.4. The van der Waals surface area contributed by atoms with Gasteiger partial charge < -0.3 is 14.7 Å². The molecule has 9 nitrogen and oxygen atoms in total. The average Bonchev–Trinajstić information content (AvgIpc) is 2.68. The fourth-order valence-electron chi connectivity index (χ4n) is 3.21. The molecule has 0 aliphatic carbocycles. The first kappa shape index (κ1) is 21.7. The number of nitro groups is 1. The number of benzene rings is 2. The summed E-state index contributed by atoms with van der Waals surface area (Å²) < 4.78 is 57.0. The fraction of sp³-hybridized carbons (Fsp3) is 0.333. The van der Waals surface area contributed by atoms with Crippen molar-refractivity contribution in [1.82, 2.24) is 0 Å². The Morgan fingerprint density at radius 3 is 2.67 bits per heavy atom. The Balaban J connectivity index is 1.93. The van der Waals surface area contributed by atoms with Crippen molar-refractivity contribution in [3.8, 4) is 5.75 Å². The SMILES string of the molecule is O=[N+]([O-])c1cc(S(=O)(=O)Nc2ccccc2OC(F)F)ccc1N1CCC[C@H](O)C1. The number of aliphatic hydroxyl groups excluding tert-OH is 1. The van der Waals surface area contributed by atoms with E-state index in [4.69, 9.17) is 0 Å². The lowest BCUT2D eigenvalue weighted by molar-refractivity contribution is -0.384. The lowest BCUT2D eigenvalue weighted by atomic mass is 10.1. The van der Waals surface area contributed by atoms with Crippen LogP contribution < -0.4 is 14.4 Å². The van der Waals surface area contributed by atoms with Crippen molar-refractivity contribution in [1.29, 1.82) is 0 Å². The summed E-state index contributed by atoms with van der Waals surface area (Å²) in [6, 6.07) is 8.58. The Labute approximate surface area is 171 Å². The molecule has 2 aromatic carbocycles. The second-order valence-electron chi connectivity index (χ2n) is 6.63. The number of para-hydroxylation sites is 2. The van der Waals surface area contributed by atoms with Crippen molar-refractivity contribution in [3.05, 3.63) is 52.6 Å². The number of β-amino-alcohol motifs (C(OH)–C–C–N with tert-alkyl or cyclic N) is 1. The van der Waals surface area contributed by atoms with E-state index in [1.807, 2.05) is 0 Å². The summed E-state index contributed by atoms with van der Waals surface area (Å²) in [5.41, 5.74) is -0.480. The molecular weight excluding hydrogens is 424 g/mol. The average molecular weight is 443 g/mol. The molecule has 0 saturated carbocycles. The first-order chi connectivity index (χ1) is 14.2. The summed E-state index contributed by atoms with van der Waals surface area (Å²) in [6.45, 7) is -2.47. The van der Waals surface area contributed by atoms with E-state index in [0.29, 0.717) is 19.4 Å². The van der Waals surface area contributed by atoms with Gasteiger partial charge in [0.1, 0.15) is 11.4 Å². The Kier molecular flexibility index (Phi) is 6.37. The zero-order valence-electron chi connectivity index (χ0n) is 15.6. The molecule has 12 heteroatoms. The smallest absolute Gasteiger partial charge is 0.387 e. The van der Waals surface area contributed by atoms with Crippen LogP contribution in [-0.2, 0) is 10.0 Å². The highest BCUT2D eigenvalue weighted by atomic mass is 32.2. The number of aliphatic hydroxyl groups is 1. The second-order valence-corrected chi connectivity index (χ2v) is 8.31. The molecule has 1 aliphatic rings. The van der Waals surface area contributed by atoms with Crippen molar-refractivity contribution in [3.63, 3.8) is 0 Å². The first-order valence-corrected chi connectivity index (χ1v) is 10.4. The molecule has 2 aromatic rings. The maximum Gasteiger partial charge on any atom is 0.387 e. The molecule has 3 rings (SSSR count). The minimum absolute atomic E-state index is 0.194. The molecule has 0 bridgehead atoms. The number of rotatable bonds is 7. The van der Waals surface area contributed by atoms with E-state index in [1.165, 1.54) is 30.3 Å². The third-order valence-electron chi connectivity index (χ3n) is 4.54. The highest BCUT2D eigenvalue weighted by Gasteiger charge is 2.27. The van der Waals surface area contributed by atoms with Gasteiger partial charge in [0.25, 0.3) is 15.7 Å². The van der Waals surface area contributed by atoms with Crippen LogP contribution in [0.25, 0.3) is 0 Å².